The van der Waals surface area contributed by atoms with Crippen LogP contribution in [0.1, 0.15) is 11.3 Å². The highest BCUT2D eigenvalue weighted by Gasteiger charge is 2.24. The largest absolute Gasteiger partial charge is 0.321 e. The number of carbonyl (C=O) groups is 1. The lowest BCUT2D eigenvalue weighted by atomic mass is 10.1. The molecule has 1 amide bonds. The molecular weight excluding hydrogens is 336 g/mol. The van der Waals surface area contributed by atoms with Crippen LogP contribution in [0.2, 0.25) is 5.02 Å². The standard InChI is InChI=1S/C16H9ClN2OS2/c17-9-3-4-11-12(15(20)19-13(11)6-9)7-10-8-22-16(18-10)14-2-1-5-21-14/h1-8H,(H,19,20). The Kier molecular flexibility index (Phi) is 3.33. The van der Waals surface area contributed by atoms with Crippen LogP contribution in [0, 0.1) is 0 Å². The highest BCUT2D eigenvalue weighted by molar-refractivity contribution is 7.20. The Hall–Kier alpha value is -1.95. The molecule has 0 radical (unpaired) electrons. The maximum absolute atomic E-state index is 12.1. The molecule has 108 valence electrons. The molecule has 1 aliphatic rings. The maximum Gasteiger partial charge on any atom is 0.256 e. The first-order chi connectivity index (χ1) is 10.7. The molecule has 0 saturated heterocycles. The van der Waals surface area contributed by atoms with Gasteiger partial charge in [-0.25, -0.2) is 4.98 Å². The fraction of sp³-hybridized carbons (Fsp3) is 0. The van der Waals surface area contributed by atoms with Gasteiger partial charge in [-0.2, -0.15) is 0 Å². The third-order valence-corrected chi connectivity index (χ3v) is 5.45. The Morgan fingerprint density at radius 2 is 2.14 bits per heavy atom. The van der Waals surface area contributed by atoms with Crippen LogP contribution in [0.3, 0.4) is 0 Å². The van der Waals surface area contributed by atoms with E-state index in [4.69, 9.17) is 11.6 Å². The van der Waals surface area contributed by atoms with E-state index in [9.17, 15) is 4.79 Å². The quantitative estimate of drug-likeness (QED) is 0.663. The van der Waals surface area contributed by atoms with Gasteiger partial charge in [0.1, 0.15) is 5.01 Å². The second-order valence-electron chi connectivity index (χ2n) is 4.76. The lowest BCUT2D eigenvalue weighted by Gasteiger charge is -1.97. The summed E-state index contributed by atoms with van der Waals surface area (Å²) in [7, 11) is 0. The van der Waals surface area contributed by atoms with Crippen molar-refractivity contribution in [2.75, 3.05) is 5.32 Å². The van der Waals surface area contributed by atoms with Crippen molar-refractivity contribution in [3.8, 4) is 9.88 Å². The molecule has 0 unspecified atom stereocenters. The summed E-state index contributed by atoms with van der Waals surface area (Å²) >= 11 is 9.19. The van der Waals surface area contributed by atoms with Crippen molar-refractivity contribution in [2.45, 2.75) is 0 Å². The Labute approximate surface area is 139 Å². The minimum atomic E-state index is -0.122. The zero-order chi connectivity index (χ0) is 15.1. The molecular formula is C16H9ClN2OS2. The highest BCUT2D eigenvalue weighted by Crippen LogP contribution is 2.35. The molecule has 4 rings (SSSR count). The number of anilines is 1. The number of hydrogen-bond donors (Lipinski definition) is 1. The molecule has 3 heterocycles. The number of carbonyl (C=O) groups excluding carboxylic acids is 1. The van der Waals surface area contributed by atoms with Crippen molar-refractivity contribution in [3.05, 3.63) is 57.4 Å². The van der Waals surface area contributed by atoms with Crippen LogP contribution >= 0.6 is 34.3 Å². The third-order valence-electron chi connectivity index (χ3n) is 3.31. The summed E-state index contributed by atoms with van der Waals surface area (Å²) in [6, 6.07) is 9.44. The van der Waals surface area contributed by atoms with Gasteiger partial charge in [-0.05, 0) is 29.7 Å². The van der Waals surface area contributed by atoms with E-state index in [2.05, 4.69) is 10.3 Å². The number of thiophene rings is 1. The molecule has 1 aliphatic heterocycles. The van der Waals surface area contributed by atoms with E-state index in [1.165, 1.54) is 0 Å². The van der Waals surface area contributed by atoms with E-state index in [0.29, 0.717) is 10.6 Å². The van der Waals surface area contributed by atoms with Gasteiger partial charge in [0.05, 0.1) is 21.8 Å². The average Bonchev–Trinajstić information content (AvgIpc) is 3.20. The van der Waals surface area contributed by atoms with Crippen LogP contribution in [0.25, 0.3) is 21.5 Å². The van der Waals surface area contributed by atoms with Crippen LogP contribution in [-0.4, -0.2) is 10.9 Å². The zero-order valence-electron chi connectivity index (χ0n) is 11.2. The van der Waals surface area contributed by atoms with Gasteiger partial charge >= 0.3 is 0 Å². The average molecular weight is 345 g/mol. The first kappa shape index (κ1) is 13.7. The number of halogens is 1. The SMILES string of the molecule is O=C1Nc2cc(Cl)ccc2C1=Cc1csc(-c2cccs2)n1. The number of nitrogens with zero attached hydrogens (tertiary/aromatic N) is 1. The van der Waals surface area contributed by atoms with E-state index in [-0.39, 0.29) is 5.91 Å². The highest BCUT2D eigenvalue weighted by atomic mass is 35.5. The molecule has 0 saturated carbocycles. The van der Waals surface area contributed by atoms with Crippen molar-refractivity contribution >= 4 is 57.5 Å². The van der Waals surface area contributed by atoms with E-state index < -0.39 is 0 Å². The van der Waals surface area contributed by atoms with Gasteiger partial charge in [-0.15, -0.1) is 22.7 Å². The van der Waals surface area contributed by atoms with E-state index in [1.807, 2.05) is 35.0 Å². The molecule has 0 bridgehead atoms. The zero-order valence-corrected chi connectivity index (χ0v) is 13.6. The maximum atomic E-state index is 12.1. The Bertz CT molecular complexity index is 897. The summed E-state index contributed by atoms with van der Waals surface area (Å²) in [5.41, 5.74) is 3.02. The third kappa shape index (κ3) is 2.37. The number of thiazole rings is 1. The summed E-state index contributed by atoms with van der Waals surface area (Å²) in [5.74, 6) is -0.122. The Balaban J connectivity index is 1.73. The number of amides is 1. The van der Waals surface area contributed by atoms with Crippen LogP contribution in [0.4, 0.5) is 5.69 Å². The van der Waals surface area contributed by atoms with Crippen molar-refractivity contribution in [2.24, 2.45) is 0 Å². The molecule has 3 nitrogen and oxygen atoms in total. The molecule has 22 heavy (non-hydrogen) atoms. The van der Waals surface area contributed by atoms with Gasteiger partial charge in [0.15, 0.2) is 0 Å². The normalized spacial score (nSPS) is 15.1. The van der Waals surface area contributed by atoms with Crippen molar-refractivity contribution in [1.82, 2.24) is 4.98 Å². The van der Waals surface area contributed by atoms with Crippen molar-refractivity contribution < 1.29 is 4.79 Å². The molecule has 2 aromatic heterocycles. The molecule has 0 fully saturated rings. The second kappa shape index (κ2) is 5.35. The number of benzene rings is 1. The van der Waals surface area contributed by atoms with Crippen LogP contribution < -0.4 is 5.32 Å². The number of rotatable bonds is 2. The lowest BCUT2D eigenvalue weighted by Crippen LogP contribution is -2.03. The molecule has 3 aromatic rings. The van der Waals surface area contributed by atoms with Gasteiger partial charge < -0.3 is 5.32 Å². The molecule has 1 N–H and O–H groups in total. The molecule has 6 heteroatoms. The number of nitrogens with one attached hydrogen (secondary N) is 1. The van der Waals surface area contributed by atoms with Gasteiger partial charge in [0.25, 0.3) is 5.91 Å². The van der Waals surface area contributed by atoms with Gasteiger partial charge in [0.2, 0.25) is 0 Å². The number of fused-ring (bicyclic) bond motifs is 1. The second-order valence-corrected chi connectivity index (χ2v) is 7.00. The fourth-order valence-electron chi connectivity index (χ4n) is 2.32. The number of hydrogen-bond acceptors (Lipinski definition) is 4. The van der Waals surface area contributed by atoms with Crippen LogP contribution in [0.15, 0.2) is 41.1 Å². The van der Waals surface area contributed by atoms with Crippen LogP contribution in [0.5, 0.6) is 0 Å². The van der Waals surface area contributed by atoms with Crippen molar-refractivity contribution in [3.63, 3.8) is 0 Å². The topological polar surface area (TPSA) is 42.0 Å². The number of aromatic nitrogens is 1. The first-order valence-corrected chi connectivity index (χ1v) is 8.67. The van der Waals surface area contributed by atoms with E-state index >= 15 is 0 Å². The lowest BCUT2D eigenvalue weighted by molar-refractivity contribution is -0.110. The van der Waals surface area contributed by atoms with Gasteiger partial charge in [-0.1, -0.05) is 23.7 Å². The predicted molar refractivity (Wildman–Crippen MR) is 93.4 cm³/mol. The Morgan fingerprint density at radius 1 is 1.23 bits per heavy atom. The summed E-state index contributed by atoms with van der Waals surface area (Å²) in [6.07, 6.45) is 1.82. The summed E-state index contributed by atoms with van der Waals surface area (Å²) in [5, 5.41) is 8.39. The fourth-order valence-corrected chi connectivity index (χ4v) is 4.09. The molecule has 0 atom stereocenters. The minimum Gasteiger partial charge on any atom is -0.321 e. The Morgan fingerprint density at radius 3 is 2.95 bits per heavy atom. The minimum absolute atomic E-state index is 0.122. The molecule has 0 aliphatic carbocycles. The summed E-state index contributed by atoms with van der Waals surface area (Å²) < 4.78 is 0. The molecule has 1 aromatic carbocycles. The first-order valence-electron chi connectivity index (χ1n) is 6.53. The van der Waals surface area contributed by atoms with E-state index in [1.54, 1.807) is 34.8 Å². The smallest absolute Gasteiger partial charge is 0.256 e. The summed E-state index contributed by atoms with van der Waals surface area (Å²) in [6.45, 7) is 0. The monoisotopic (exact) mass is 344 g/mol. The van der Waals surface area contributed by atoms with Gasteiger partial charge in [-0.3, -0.25) is 4.79 Å². The van der Waals surface area contributed by atoms with Crippen LogP contribution in [-0.2, 0) is 4.79 Å². The van der Waals surface area contributed by atoms with Crippen molar-refractivity contribution in [1.29, 1.82) is 0 Å². The summed E-state index contributed by atoms with van der Waals surface area (Å²) in [4.78, 5) is 17.9. The van der Waals surface area contributed by atoms with E-state index in [0.717, 1.165) is 26.8 Å². The molecule has 0 spiro atoms. The predicted octanol–water partition coefficient (Wildman–Crippen LogP) is 5.02. The van der Waals surface area contributed by atoms with Gasteiger partial charge in [0, 0.05) is 16.0 Å².